The molecule has 0 aromatic heterocycles. The highest BCUT2D eigenvalue weighted by Gasteiger charge is 2.44. The Labute approximate surface area is 62.5 Å². The maximum absolute atomic E-state index is 10.1. The minimum atomic E-state index is -4.66. The summed E-state index contributed by atoms with van der Waals surface area (Å²) in [5, 5.41) is 0. The minimum absolute atomic E-state index is 0.997. The summed E-state index contributed by atoms with van der Waals surface area (Å²) in [7, 11) is -5.66. The predicted octanol–water partition coefficient (Wildman–Crippen LogP) is 1.54. The van der Waals surface area contributed by atoms with E-state index in [4.69, 9.17) is 33.0 Å². The molecule has 0 aliphatic carbocycles. The zero-order chi connectivity index (χ0) is 7.71. The van der Waals surface area contributed by atoms with Crippen LogP contribution < -0.4 is 0 Å². The maximum Gasteiger partial charge on any atom is 0.373 e. The Morgan fingerprint density at radius 1 is 1.44 bits per heavy atom. The van der Waals surface area contributed by atoms with Crippen LogP contribution in [-0.4, -0.2) is 13.6 Å². The van der Waals surface area contributed by atoms with Gasteiger partial charge in [-0.05, 0) is 0 Å². The standard InChI is InChI=1S/CH2Cl2O4P2/c2-1(3,8-4)9(5,6)7/h(H2,5,6,7). The molecule has 0 unspecified atom stereocenters. The van der Waals surface area contributed by atoms with Crippen LogP contribution in [0.2, 0.25) is 0 Å². The van der Waals surface area contributed by atoms with Crippen LogP contribution in [0.5, 0.6) is 0 Å². The lowest BCUT2D eigenvalue weighted by atomic mass is 11.8. The maximum atomic E-state index is 10.1. The summed E-state index contributed by atoms with van der Waals surface area (Å²) in [4.78, 5) is 16.4. The molecule has 9 heavy (non-hydrogen) atoms. The van der Waals surface area contributed by atoms with E-state index in [0.717, 1.165) is 0 Å². The number of rotatable bonds is 2. The lowest BCUT2D eigenvalue weighted by Crippen LogP contribution is -2.01. The van der Waals surface area contributed by atoms with Gasteiger partial charge in [0.1, 0.15) is 0 Å². The molecule has 0 aromatic carbocycles. The average molecular weight is 211 g/mol. The SMILES string of the molecule is O=PC(Cl)(Cl)P(=O)(O)O. The largest absolute Gasteiger partial charge is 0.373 e. The van der Waals surface area contributed by atoms with Crippen LogP contribution in [0.4, 0.5) is 0 Å². The van der Waals surface area contributed by atoms with Crippen LogP contribution in [0, 0.1) is 0 Å². The number of alkyl halides is 2. The zero-order valence-corrected chi connectivity index (χ0v) is 7.16. The molecule has 0 aliphatic rings. The second kappa shape index (κ2) is 2.83. The smallest absolute Gasteiger partial charge is 0.322 e. The summed E-state index contributed by atoms with van der Waals surface area (Å²) in [5.74, 6) is 0. The molecule has 0 radical (unpaired) electrons. The topological polar surface area (TPSA) is 74.6 Å². The highest BCUT2D eigenvalue weighted by molar-refractivity contribution is 7.69. The third kappa shape index (κ3) is 2.50. The highest BCUT2D eigenvalue weighted by Crippen LogP contribution is 2.62. The van der Waals surface area contributed by atoms with Gasteiger partial charge in [0.2, 0.25) is 8.46 Å². The van der Waals surface area contributed by atoms with Crippen LogP contribution in [0.25, 0.3) is 0 Å². The van der Waals surface area contributed by atoms with Crippen LogP contribution in [0.3, 0.4) is 0 Å². The van der Waals surface area contributed by atoms with Crippen LogP contribution in [0.15, 0.2) is 0 Å². The first-order valence-electron chi connectivity index (χ1n) is 1.59. The molecule has 0 atom stereocenters. The molecule has 54 valence electrons. The molecule has 0 amide bonds. The second-order valence-corrected chi connectivity index (χ2v) is 6.49. The normalized spacial score (nSPS) is 14.2. The molecule has 0 fully saturated rings. The lowest BCUT2D eigenvalue weighted by Gasteiger charge is -2.10. The van der Waals surface area contributed by atoms with Gasteiger partial charge < -0.3 is 9.79 Å². The van der Waals surface area contributed by atoms with E-state index in [1.165, 1.54) is 0 Å². The van der Waals surface area contributed by atoms with Gasteiger partial charge in [0.25, 0.3) is 3.82 Å². The third-order valence-corrected chi connectivity index (χ3v) is 4.14. The molecule has 0 saturated carbocycles. The first-order chi connectivity index (χ1) is 3.81. The van der Waals surface area contributed by atoms with Crippen LogP contribution in [-0.2, 0) is 9.13 Å². The fourth-order valence-corrected chi connectivity index (χ4v) is 0.479. The van der Waals surface area contributed by atoms with Gasteiger partial charge in [0.05, 0.1) is 0 Å². The van der Waals surface area contributed by atoms with Crippen molar-refractivity contribution in [1.82, 2.24) is 0 Å². The average Bonchev–Trinajstić information content (AvgIpc) is 1.64. The molecule has 0 heterocycles. The summed E-state index contributed by atoms with van der Waals surface area (Å²) in [6, 6.07) is 0. The number of hydrogen-bond acceptors (Lipinski definition) is 2. The molecular formula is CH2Cl2O4P2. The zero-order valence-electron chi connectivity index (χ0n) is 3.86. The second-order valence-electron chi connectivity index (χ2n) is 1.14. The Hall–Kier alpha value is 0.830. The van der Waals surface area contributed by atoms with Crippen molar-refractivity contribution < 1.29 is 18.9 Å². The van der Waals surface area contributed by atoms with E-state index >= 15 is 0 Å². The van der Waals surface area contributed by atoms with Gasteiger partial charge in [0.15, 0.2) is 0 Å². The highest BCUT2D eigenvalue weighted by atomic mass is 35.5. The van der Waals surface area contributed by atoms with Gasteiger partial charge in [-0.15, -0.1) is 0 Å². The van der Waals surface area contributed by atoms with E-state index < -0.39 is 19.9 Å². The quantitative estimate of drug-likeness (QED) is 0.536. The molecule has 0 spiro atoms. The van der Waals surface area contributed by atoms with E-state index in [1.54, 1.807) is 0 Å². The molecule has 0 bridgehead atoms. The molecule has 0 rings (SSSR count). The Morgan fingerprint density at radius 3 is 1.78 bits per heavy atom. The summed E-state index contributed by atoms with van der Waals surface area (Å²) in [6.45, 7) is 0. The first kappa shape index (κ1) is 9.83. The molecule has 0 aromatic rings. The van der Waals surface area contributed by atoms with E-state index in [-0.39, 0.29) is 0 Å². The lowest BCUT2D eigenvalue weighted by molar-refractivity contribution is 0.373. The van der Waals surface area contributed by atoms with E-state index in [9.17, 15) is 9.13 Å². The summed E-state index contributed by atoms with van der Waals surface area (Å²) in [6.07, 6.45) is 0. The van der Waals surface area contributed by atoms with Gasteiger partial charge in [0, 0.05) is 0 Å². The van der Waals surface area contributed by atoms with E-state index in [0.29, 0.717) is 0 Å². The van der Waals surface area contributed by atoms with Crippen LogP contribution >= 0.6 is 39.3 Å². The van der Waals surface area contributed by atoms with Crippen molar-refractivity contribution in [1.29, 1.82) is 0 Å². The Bertz CT molecular complexity index is 160. The van der Waals surface area contributed by atoms with Gasteiger partial charge in [-0.3, -0.25) is 9.13 Å². The fourth-order valence-electron chi connectivity index (χ4n) is 0.0532. The van der Waals surface area contributed by atoms with E-state index in [1.807, 2.05) is 0 Å². The third-order valence-electron chi connectivity index (χ3n) is 0.460. The van der Waals surface area contributed by atoms with Gasteiger partial charge in [-0.25, -0.2) is 0 Å². The first-order valence-corrected chi connectivity index (χ1v) is 4.77. The summed E-state index contributed by atoms with van der Waals surface area (Å²) >= 11 is 9.75. The number of halogens is 2. The Morgan fingerprint density at radius 2 is 1.78 bits per heavy atom. The number of hydrogen-bond donors (Lipinski definition) is 2. The Balaban J connectivity index is 4.54. The molecule has 0 saturated heterocycles. The van der Waals surface area contributed by atoms with E-state index in [2.05, 4.69) is 0 Å². The van der Waals surface area contributed by atoms with Crippen molar-refractivity contribution in [3.8, 4) is 0 Å². The van der Waals surface area contributed by atoms with Gasteiger partial charge >= 0.3 is 7.60 Å². The van der Waals surface area contributed by atoms with Crippen molar-refractivity contribution >= 4 is 39.3 Å². The Kier molecular flexibility index (Phi) is 3.09. The predicted molar refractivity (Wildman–Crippen MR) is 34.1 cm³/mol. The van der Waals surface area contributed by atoms with Crippen molar-refractivity contribution in [2.75, 3.05) is 0 Å². The summed E-state index contributed by atoms with van der Waals surface area (Å²) in [5.41, 5.74) is 0. The molecule has 0 aliphatic heterocycles. The van der Waals surface area contributed by atoms with Gasteiger partial charge in [-0.1, -0.05) is 23.2 Å². The minimum Gasteiger partial charge on any atom is -0.322 e. The monoisotopic (exact) mass is 210 g/mol. The molecule has 8 heteroatoms. The summed E-state index contributed by atoms with van der Waals surface area (Å²) < 4.78 is 17.4. The molecular weight excluding hydrogens is 209 g/mol. The van der Waals surface area contributed by atoms with Gasteiger partial charge in [-0.2, -0.15) is 0 Å². The van der Waals surface area contributed by atoms with Crippen molar-refractivity contribution in [3.05, 3.63) is 0 Å². The van der Waals surface area contributed by atoms with Crippen LogP contribution in [0.1, 0.15) is 0 Å². The molecule has 4 nitrogen and oxygen atoms in total. The fraction of sp³-hybridized carbons (Fsp3) is 1.00. The van der Waals surface area contributed by atoms with Crippen molar-refractivity contribution in [2.45, 2.75) is 3.82 Å². The van der Waals surface area contributed by atoms with Crippen molar-refractivity contribution in [3.63, 3.8) is 0 Å². The van der Waals surface area contributed by atoms with Crippen molar-refractivity contribution in [2.24, 2.45) is 0 Å². The molecule has 2 N–H and O–H groups in total.